The Morgan fingerprint density at radius 3 is 2.50 bits per heavy atom. The van der Waals surface area contributed by atoms with Crippen LogP contribution in [0.2, 0.25) is 0 Å². The number of oxime groups is 1. The predicted octanol–water partition coefficient (Wildman–Crippen LogP) is 1.03. The van der Waals surface area contributed by atoms with Gasteiger partial charge in [-0.3, -0.25) is 4.79 Å². The summed E-state index contributed by atoms with van der Waals surface area (Å²) >= 11 is 0. The molecule has 0 bridgehead atoms. The monoisotopic (exact) mass is 277 g/mol. The summed E-state index contributed by atoms with van der Waals surface area (Å²) in [5, 5.41) is 11.5. The van der Waals surface area contributed by atoms with E-state index in [0.717, 1.165) is 0 Å². The van der Waals surface area contributed by atoms with Crippen LogP contribution in [0.4, 0.5) is 0 Å². The smallest absolute Gasteiger partial charge is 0.254 e. The molecule has 0 aliphatic carbocycles. The summed E-state index contributed by atoms with van der Waals surface area (Å²) < 4.78 is 5.59. The fourth-order valence-electron chi connectivity index (χ4n) is 2.21. The molecule has 0 atom stereocenters. The fraction of sp³-hybridized carbons (Fsp3) is 0.429. The van der Waals surface area contributed by atoms with Crippen LogP contribution in [-0.4, -0.2) is 47.1 Å². The Balaban J connectivity index is 2.13. The highest BCUT2D eigenvalue weighted by atomic mass is 16.5. The minimum atomic E-state index is -0.318. The Labute approximate surface area is 117 Å². The van der Waals surface area contributed by atoms with Gasteiger partial charge < -0.3 is 20.6 Å². The number of rotatable bonds is 2. The number of amides is 1. The molecular formula is C14H19N3O3. The minimum Gasteiger partial charge on any atom is -0.409 e. The van der Waals surface area contributed by atoms with Crippen LogP contribution in [0.5, 0.6) is 0 Å². The number of hydrogen-bond acceptors (Lipinski definition) is 4. The van der Waals surface area contributed by atoms with Crippen molar-refractivity contribution in [2.75, 3.05) is 19.7 Å². The molecule has 0 aromatic heterocycles. The van der Waals surface area contributed by atoms with Gasteiger partial charge in [-0.1, -0.05) is 17.3 Å². The molecule has 2 rings (SSSR count). The van der Waals surface area contributed by atoms with E-state index in [-0.39, 0.29) is 17.3 Å². The zero-order valence-corrected chi connectivity index (χ0v) is 11.7. The quantitative estimate of drug-likeness (QED) is 0.366. The van der Waals surface area contributed by atoms with E-state index in [0.29, 0.717) is 30.8 Å². The second-order valence-electron chi connectivity index (χ2n) is 5.40. The summed E-state index contributed by atoms with van der Waals surface area (Å²) in [6.07, 6.45) is 0. The lowest BCUT2D eigenvalue weighted by Crippen LogP contribution is -2.50. The lowest BCUT2D eigenvalue weighted by atomic mass is 10.1. The average Bonchev–Trinajstić information content (AvgIpc) is 2.45. The van der Waals surface area contributed by atoms with Crippen molar-refractivity contribution in [3.63, 3.8) is 0 Å². The number of carbonyl (C=O) groups is 1. The maximum absolute atomic E-state index is 12.4. The highest BCUT2D eigenvalue weighted by Crippen LogP contribution is 2.18. The van der Waals surface area contributed by atoms with Crippen LogP contribution in [-0.2, 0) is 4.74 Å². The summed E-state index contributed by atoms with van der Waals surface area (Å²) in [4.78, 5) is 14.2. The molecule has 0 spiro atoms. The van der Waals surface area contributed by atoms with Crippen LogP contribution in [0, 0.1) is 0 Å². The fourth-order valence-corrected chi connectivity index (χ4v) is 2.21. The topological polar surface area (TPSA) is 88.2 Å². The van der Waals surface area contributed by atoms with Gasteiger partial charge in [0.05, 0.1) is 12.2 Å². The zero-order chi connectivity index (χ0) is 14.8. The van der Waals surface area contributed by atoms with E-state index < -0.39 is 0 Å². The molecule has 0 unspecified atom stereocenters. The van der Waals surface area contributed by atoms with Crippen LogP contribution < -0.4 is 5.73 Å². The van der Waals surface area contributed by atoms with Crippen molar-refractivity contribution in [2.45, 2.75) is 19.4 Å². The Morgan fingerprint density at radius 1 is 1.35 bits per heavy atom. The molecule has 1 aliphatic rings. The van der Waals surface area contributed by atoms with E-state index in [4.69, 9.17) is 15.7 Å². The second-order valence-corrected chi connectivity index (χ2v) is 5.40. The van der Waals surface area contributed by atoms with Crippen LogP contribution in [0.1, 0.15) is 29.8 Å². The summed E-state index contributed by atoms with van der Waals surface area (Å²) in [5.41, 5.74) is 6.33. The Bertz CT molecular complexity index is 523. The number of ether oxygens (including phenoxy) is 1. The van der Waals surface area contributed by atoms with Crippen molar-refractivity contribution in [2.24, 2.45) is 10.9 Å². The summed E-state index contributed by atoms with van der Waals surface area (Å²) in [5.74, 6) is -0.0102. The molecule has 0 saturated carbocycles. The Morgan fingerprint density at radius 2 is 1.95 bits per heavy atom. The van der Waals surface area contributed by atoms with Crippen molar-refractivity contribution in [1.82, 2.24) is 4.90 Å². The first-order valence-electron chi connectivity index (χ1n) is 6.44. The number of nitrogens with zero attached hydrogens (tertiary/aromatic N) is 2. The molecule has 1 aromatic carbocycles. The largest absolute Gasteiger partial charge is 0.409 e. The number of nitrogens with two attached hydrogens (primary N) is 1. The highest BCUT2D eigenvalue weighted by Gasteiger charge is 2.30. The number of benzene rings is 1. The first-order valence-corrected chi connectivity index (χ1v) is 6.44. The molecular weight excluding hydrogens is 258 g/mol. The standard InChI is InChI=1S/C14H19N3O3/c1-14(2)9-17(7-8-20-14)13(18)11-5-3-10(4-6-11)12(15)16-19/h3-6,19H,7-9H2,1-2H3,(H2,15,16). The van der Waals surface area contributed by atoms with Gasteiger partial charge in [0.15, 0.2) is 5.84 Å². The molecule has 6 heteroatoms. The Hall–Kier alpha value is -2.08. The van der Waals surface area contributed by atoms with Crippen LogP contribution >= 0.6 is 0 Å². The van der Waals surface area contributed by atoms with E-state index in [9.17, 15) is 4.79 Å². The van der Waals surface area contributed by atoms with Gasteiger partial charge in [-0.2, -0.15) is 0 Å². The molecule has 0 radical (unpaired) electrons. The maximum Gasteiger partial charge on any atom is 0.254 e. The minimum absolute atomic E-state index is 0.0245. The summed E-state index contributed by atoms with van der Waals surface area (Å²) in [6, 6.07) is 6.68. The molecule has 3 N–H and O–H groups in total. The van der Waals surface area contributed by atoms with Crippen molar-refractivity contribution in [1.29, 1.82) is 0 Å². The zero-order valence-electron chi connectivity index (χ0n) is 11.7. The van der Waals surface area contributed by atoms with Crippen LogP contribution in [0.15, 0.2) is 29.4 Å². The van der Waals surface area contributed by atoms with E-state index in [1.165, 1.54) is 0 Å². The highest BCUT2D eigenvalue weighted by molar-refractivity contribution is 5.99. The molecule has 1 saturated heterocycles. The van der Waals surface area contributed by atoms with Gasteiger partial charge >= 0.3 is 0 Å². The third kappa shape index (κ3) is 3.08. The average molecular weight is 277 g/mol. The molecule has 1 amide bonds. The van der Waals surface area contributed by atoms with Crippen LogP contribution in [0.3, 0.4) is 0 Å². The summed E-state index contributed by atoms with van der Waals surface area (Å²) in [7, 11) is 0. The van der Waals surface area contributed by atoms with Gasteiger partial charge in [-0.25, -0.2) is 0 Å². The number of carbonyl (C=O) groups excluding carboxylic acids is 1. The maximum atomic E-state index is 12.4. The second kappa shape index (κ2) is 5.50. The van der Waals surface area contributed by atoms with Crippen molar-refractivity contribution >= 4 is 11.7 Å². The van der Waals surface area contributed by atoms with Gasteiger partial charge in [0.25, 0.3) is 5.91 Å². The lowest BCUT2D eigenvalue weighted by Gasteiger charge is -2.38. The van der Waals surface area contributed by atoms with Crippen molar-refractivity contribution in [3.8, 4) is 0 Å². The molecule has 1 aromatic rings. The predicted molar refractivity (Wildman–Crippen MR) is 74.9 cm³/mol. The Kier molecular flexibility index (Phi) is 3.94. The first kappa shape index (κ1) is 14.3. The molecule has 1 heterocycles. The van der Waals surface area contributed by atoms with Crippen LogP contribution in [0.25, 0.3) is 0 Å². The van der Waals surface area contributed by atoms with Gasteiger partial charge in [0.2, 0.25) is 0 Å². The van der Waals surface area contributed by atoms with Gasteiger partial charge in [-0.05, 0) is 26.0 Å². The lowest BCUT2D eigenvalue weighted by molar-refractivity contribution is -0.0764. The van der Waals surface area contributed by atoms with Crippen molar-refractivity contribution in [3.05, 3.63) is 35.4 Å². The number of morpholine rings is 1. The van der Waals surface area contributed by atoms with E-state index >= 15 is 0 Å². The van der Waals surface area contributed by atoms with Gasteiger partial charge in [0.1, 0.15) is 0 Å². The molecule has 20 heavy (non-hydrogen) atoms. The van der Waals surface area contributed by atoms with E-state index in [2.05, 4.69) is 5.16 Å². The third-order valence-electron chi connectivity index (χ3n) is 3.25. The normalized spacial score (nSPS) is 18.9. The third-order valence-corrected chi connectivity index (χ3v) is 3.25. The molecule has 108 valence electrons. The molecule has 6 nitrogen and oxygen atoms in total. The summed E-state index contributed by atoms with van der Waals surface area (Å²) in [6.45, 7) is 5.63. The SMILES string of the molecule is CC1(C)CN(C(=O)c2ccc(/C(N)=N/O)cc2)CCO1. The molecule has 1 aliphatic heterocycles. The van der Waals surface area contributed by atoms with Gasteiger partial charge in [-0.15, -0.1) is 0 Å². The van der Waals surface area contributed by atoms with E-state index in [1.54, 1.807) is 29.2 Å². The van der Waals surface area contributed by atoms with Gasteiger partial charge in [0, 0.05) is 24.2 Å². The first-order chi connectivity index (χ1) is 9.43. The van der Waals surface area contributed by atoms with E-state index in [1.807, 2.05) is 13.8 Å². The number of hydrogen-bond donors (Lipinski definition) is 2. The number of amidine groups is 1. The van der Waals surface area contributed by atoms with Crippen molar-refractivity contribution < 1.29 is 14.7 Å². The molecule has 1 fully saturated rings.